The number of rotatable bonds is 6. The second kappa shape index (κ2) is 7.36. The lowest BCUT2D eigenvalue weighted by Crippen LogP contribution is -2.44. The average molecular weight is 239 g/mol. The molecule has 17 heavy (non-hydrogen) atoms. The SMILES string of the molecule is C=C(CCCC)N1CCCCC1C(=O)OCC. The minimum atomic E-state index is -0.0898. The third kappa shape index (κ3) is 4.06. The van der Waals surface area contributed by atoms with Gasteiger partial charge in [-0.25, -0.2) is 4.79 Å². The summed E-state index contributed by atoms with van der Waals surface area (Å²) in [4.78, 5) is 14.0. The predicted octanol–water partition coefficient (Wildman–Crippen LogP) is 3.11. The van der Waals surface area contributed by atoms with Gasteiger partial charge in [0.15, 0.2) is 0 Å². The molecule has 1 aliphatic heterocycles. The molecule has 0 spiro atoms. The lowest BCUT2D eigenvalue weighted by Gasteiger charge is -2.37. The Morgan fingerprint density at radius 3 is 2.82 bits per heavy atom. The minimum Gasteiger partial charge on any atom is -0.464 e. The third-order valence-electron chi connectivity index (χ3n) is 3.29. The van der Waals surface area contributed by atoms with Crippen molar-refractivity contribution in [1.29, 1.82) is 0 Å². The van der Waals surface area contributed by atoms with Crippen LogP contribution in [0.1, 0.15) is 52.4 Å². The van der Waals surface area contributed by atoms with Gasteiger partial charge in [-0.15, -0.1) is 0 Å². The first kappa shape index (κ1) is 14.1. The first-order valence-electron chi connectivity index (χ1n) is 6.81. The number of unbranched alkanes of at least 4 members (excludes halogenated alkanes) is 1. The maximum absolute atomic E-state index is 11.9. The summed E-state index contributed by atoms with van der Waals surface area (Å²) in [6, 6.07) is -0.0898. The van der Waals surface area contributed by atoms with Crippen LogP contribution in [0, 0.1) is 0 Å². The summed E-state index contributed by atoms with van der Waals surface area (Å²) in [6.07, 6.45) is 6.47. The highest BCUT2D eigenvalue weighted by molar-refractivity contribution is 5.76. The van der Waals surface area contributed by atoms with E-state index < -0.39 is 0 Å². The molecular formula is C14H25NO2. The zero-order chi connectivity index (χ0) is 12.7. The molecule has 0 N–H and O–H groups in total. The molecule has 0 bridgehead atoms. The van der Waals surface area contributed by atoms with Gasteiger partial charge < -0.3 is 9.64 Å². The van der Waals surface area contributed by atoms with Crippen LogP contribution in [-0.4, -0.2) is 30.1 Å². The molecule has 1 unspecified atom stereocenters. The normalized spacial score (nSPS) is 20.1. The second-order valence-corrected chi connectivity index (χ2v) is 4.63. The zero-order valence-corrected chi connectivity index (χ0v) is 11.2. The van der Waals surface area contributed by atoms with E-state index in [-0.39, 0.29) is 12.0 Å². The van der Waals surface area contributed by atoms with Crippen LogP contribution in [0.2, 0.25) is 0 Å². The van der Waals surface area contributed by atoms with E-state index in [4.69, 9.17) is 4.74 Å². The summed E-state index contributed by atoms with van der Waals surface area (Å²) < 4.78 is 5.14. The van der Waals surface area contributed by atoms with Crippen molar-refractivity contribution in [3.63, 3.8) is 0 Å². The Kier molecular flexibility index (Phi) is 6.09. The van der Waals surface area contributed by atoms with Crippen molar-refractivity contribution in [2.45, 2.75) is 58.4 Å². The van der Waals surface area contributed by atoms with Crippen LogP contribution in [-0.2, 0) is 9.53 Å². The van der Waals surface area contributed by atoms with Crippen LogP contribution >= 0.6 is 0 Å². The van der Waals surface area contributed by atoms with Gasteiger partial charge >= 0.3 is 5.97 Å². The number of hydrogen-bond donors (Lipinski definition) is 0. The lowest BCUT2D eigenvalue weighted by atomic mass is 10.0. The quantitative estimate of drug-likeness (QED) is 0.667. The minimum absolute atomic E-state index is 0.0788. The van der Waals surface area contributed by atoms with Gasteiger partial charge in [0.1, 0.15) is 6.04 Å². The first-order valence-corrected chi connectivity index (χ1v) is 6.81. The number of carbonyl (C=O) groups is 1. The molecule has 0 aromatic heterocycles. The van der Waals surface area contributed by atoms with Crippen molar-refractivity contribution in [3.05, 3.63) is 12.3 Å². The Morgan fingerprint density at radius 2 is 2.18 bits per heavy atom. The summed E-state index contributed by atoms with van der Waals surface area (Å²) in [5.41, 5.74) is 1.10. The summed E-state index contributed by atoms with van der Waals surface area (Å²) in [5, 5.41) is 0. The molecule has 3 heteroatoms. The van der Waals surface area contributed by atoms with Gasteiger partial charge in [-0.2, -0.15) is 0 Å². The Labute approximate surface area is 105 Å². The van der Waals surface area contributed by atoms with Crippen molar-refractivity contribution in [2.75, 3.05) is 13.2 Å². The highest BCUT2D eigenvalue weighted by atomic mass is 16.5. The van der Waals surface area contributed by atoms with Crippen molar-refractivity contribution in [1.82, 2.24) is 4.90 Å². The molecule has 0 aromatic carbocycles. The number of allylic oxidation sites excluding steroid dienone is 1. The molecule has 1 aliphatic rings. The monoisotopic (exact) mass is 239 g/mol. The number of nitrogens with zero attached hydrogens (tertiary/aromatic N) is 1. The maximum Gasteiger partial charge on any atom is 0.328 e. The highest BCUT2D eigenvalue weighted by Crippen LogP contribution is 2.24. The molecule has 98 valence electrons. The fourth-order valence-corrected chi connectivity index (χ4v) is 2.32. The van der Waals surface area contributed by atoms with E-state index >= 15 is 0 Å². The molecule has 1 fully saturated rings. The zero-order valence-electron chi connectivity index (χ0n) is 11.2. The molecule has 3 nitrogen and oxygen atoms in total. The summed E-state index contributed by atoms with van der Waals surface area (Å²) in [5.74, 6) is -0.0788. The highest BCUT2D eigenvalue weighted by Gasteiger charge is 2.30. The summed E-state index contributed by atoms with van der Waals surface area (Å²) in [7, 11) is 0. The summed E-state index contributed by atoms with van der Waals surface area (Å²) in [6.45, 7) is 9.57. The van der Waals surface area contributed by atoms with E-state index in [0.29, 0.717) is 6.61 Å². The number of hydrogen-bond acceptors (Lipinski definition) is 3. The number of carbonyl (C=O) groups excluding carboxylic acids is 1. The van der Waals surface area contributed by atoms with E-state index in [1.54, 1.807) is 0 Å². The van der Waals surface area contributed by atoms with Gasteiger partial charge in [0.05, 0.1) is 6.61 Å². The molecule has 1 atom stereocenters. The average Bonchev–Trinajstić information content (AvgIpc) is 2.36. The van der Waals surface area contributed by atoms with Gasteiger partial charge in [0.25, 0.3) is 0 Å². The maximum atomic E-state index is 11.9. The summed E-state index contributed by atoms with van der Waals surface area (Å²) >= 11 is 0. The number of piperidine rings is 1. The molecule has 0 amide bonds. The van der Waals surface area contributed by atoms with Crippen molar-refractivity contribution in [3.8, 4) is 0 Å². The second-order valence-electron chi connectivity index (χ2n) is 4.63. The van der Waals surface area contributed by atoms with E-state index in [2.05, 4.69) is 18.4 Å². The van der Waals surface area contributed by atoms with Gasteiger partial charge in [0, 0.05) is 12.2 Å². The number of likely N-dealkylation sites (tertiary alicyclic amines) is 1. The van der Waals surface area contributed by atoms with E-state index in [1.807, 2.05) is 6.92 Å². The smallest absolute Gasteiger partial charge is 0.328 e. The van der Waals surface area contributed by atoms with Crippen LogP contribution in [0.3, 0.4) is 0 Å². The van der Waals surface area contributed by atoms with Crippen LogP contribution in [0.4, 0.5) is 0 Å². The van der Waals surface area contributed by atoms with Crippen LogP contribution < -0.4 is 0 Å². The molecule has 0 radical (unpaired) electrons. The standard InChI is InChI=1S/C14H25NO2/c1-4-6-9-12(3)15-11-8-7-10-13(15)14(16)17-5-2/h13H,3-11H2,1-2H3. The van der Waals surface area contributed by atoms with Gasteiger partial charge in [-0.3, -0.25) is 0 Å². The molecule has 1 saturated heterocycles. The molecule has 0 aliphatic carbocycles. The Balaban J connectivity index is 2.58. The topological polar surface area (TPSA) is 29.5 Å². The lowest BCUT2D eigenvalue weighted by molar-refractivity contribution is -0.150. The van der Waals surface area contributed by atoms with E-state index in [1.165, 1.54) is 0 Å². The van der Waals surface area contributed by atoms with Crippen molar-refractivity contribution >= 4 is 5.97 Å². The number of esters is 1. The van der Waals surface area contributed by atoms with Crippen molar-refractivity contribution in [2.24, 2.45) is 0 Å². The fourth-order valence-electron chi connectivity index (χ4n) is 2.32. The number of ether oxygens (including phenoxy) is 1. The molecule has 1 heterocycles. The molecule has 0 saturated carbocycles. The Morgan fingerprint density at radius 1 is 1.41 bits per heavy atom. The fraction of sp³-hybridized carbons (Fsp3) is 0.786. The Hall–Kier alpha value is -0.990. The van der Waals surface area contributed by atoms with Crippen LogP contribution in [0.15, 0.2) is 12.3 Å². The van der Waals surface area contributed by atoms with Crippen molar-refractivity contribution < 1.29 is 9.53 Å². The molecule has 1 rings (SSSR count). The molecule has 0 aromatic rings. The first-order chi connectivity index (χ1) is 8.20. The molecular weight excluding hydrogens is 214 g/mol. The Bertz CT molecular complexity index is 263. The van der Waals surface area contributed by atoms with Crippen LogP contribution in [0.5, 0.6) is 0 Å². The third-order valence-corrected chi connectivity index (χ3v) is 3.29. The van der Waals surface area contributed by atoms with Gasteiger partial charge in [-0.05, 0) is 39.0 Å². The van der Waals surface area contributed by atoms with Gasteiger partial charge in [0.2, 0.25) is 0 Å². The largest absolute Gasteiger partial charge is 0.464 e. The van der Waals surface area contributed by atoms with Gasteiger partial charge in [-0.1, -0.05) is 19.9 Å². The van der Waals surface area contributed by atoms with Crippen LogP contribution in [0.25, 0.3) is 0 Å². The van der Waals surface area contributed by atoms with E-state index in [0.717, 1.165) is 50.8 Å². The predicted molar refractivity (Wildman–Crippen MR) is 69.6 cm³/mol. The van der Waals surface area contributed by atoms with E-state index in [9.17, 15) is 4.79 Å².